The molecule has 1 fully saturated rings. The van der Waals surface area contributed by atoms with Crippen LogP contribution in [0, 0.1) is 11.8 Å². The second-order valence-corrected chi connectivity index (χ2v) is 5.64. The van der Waals surface area contributed by atoms with E-state index < -0.39 is 10.3 Å². The van der Waals surface area contributed by atoms with Crippen LogP contribution in [0.1, 0.15) is 33.1 Å². The average molecular weight is 235 g/mol. The first-order valence-electron chi connectivity index (χ1n) is 4.36. The second-order valence-electron chi connectivity index (χ2n) is 4.12. The third-order valence-electron chi connectivity index (χ3n) is 2.53. The predicted molar refractivity (Wildman–Crippen MR) is 51.5 cm³/mol. The maximum absolute atomic E-state index is 10.9. The quantitative estimate of drug-likeness (QED) is 0.709. The maximum atomic E-state index is 10.9. The molecule has 3 heteroatoms. The van der Waals surface area contributed by atoms with E-state index in [0.717, 1.165) is 19.3 Å². The fraction of sp³-hybridized carbons (Fsp3) is 0.889. The summed E-state index contributed by atoms with van der Waals surface area (Å²) in [5.74, 6) is 0.328. The van der Waals surface area contributed by atoms with E-state index >= 15 is 0 Å². The average Bonchev–Trinajstić information content (AvgIpc) is 1.82. The number of hydrogen-bond acceptors (Lipinski definition) is 1. The Labute approximate surface area is 81.5 Å². The van der Waals surface area contributed by atoms with Gasteiger partial charge in [-0.05, 0) is 31.1 Å². The van der Waals surface area contributed by atoms with Crippen LogP contribution in [-0.4, -0.2) is 15.4 Å². The summed E-state index contributed by atoms with van der Waals surface area (Å²) < 4.78 is -0.649. The Balaban J connectivity index is 2.71. The molecule has 1 N–H and O–H groups in total. The van der Waals surface area contributed by atoms with Crippen molar-refractivity contribution in [1.29, 1.82) is 0 Å². The van der Waals surface area contributed by atoms with Gasteiger partial charge in [-0.2, -0.15) is 0 Å². The molecule has 1 saturated carbocycles. The molecule has 0 aromatic carbocycles. The fourth-order valence-corrected chi connectivity index (χ4v) is 3.32. The molecule has 0 saturated heterocycles. The van der Waals surface area contributed by atoms with Crippen molar-refractivity contribution in [3.05, 3.63) is 0 Å². The van der Waals surface area contributed by atoms with Crippen molar-refractivity contribution >= 4 is 21.9 Å². The Kier molecular flexibility index (Phi) is 2.81. The molecule has 0 aromatic heterocycles. The summed E-state index contributed by atoms with van der Waals surface area (Å²) in [6.45, 7) is 4.24. The first kappa shape index (κ1) is 10.0. The van der Waals surface area contributed by atoms with Crippen molar-refractivity contribution in [2.24, 2.45) is 11.8 Å². The normalized spacial score (nSPS) is 42.6. The van der Waals surface area contributed by atoms with Gasteiger partial charge in [0.25, 0.3) is 0 Å². The number of halogens is 1. The molecule has 0 aliphatic heterocycles. The van der Waals surface area contributed by atoms with Gasteiger partial charge in [0, 0.05) is 0 Å². The van der Waals surface area contributed by atoms with Gasteiger partial charge in [-0.1, -0.05) is 29.8 Å². The van der Waals surface area contributed by atoms with Gasteiger partial charge < -0.3 is 5.11 Å². The number of hydrogen-bond donors (Lipinski definition) is 1. The van der Waals surface area contributed by atoms with E-state index in [1.165, 1.54) is 0 Å². The van der Waals surface area contributed by atoms with Crippen LogP contribution >= 0.6 is 15.9 Å². The summed E-state index contributed by atoms with van der Waals surface area (Å²) in [6.07, 6.45) is 2.67. The van der Waals surface area contributed by atoms with Crippen molar-refractivity contribution in [3.63, 3.8) is 0 Å². The van der Waals surface area contributed by atoms with Crippen LogP contribution in [0.25, 0.3) is 0 Å². The zero-order valence-corrected chi connectivity index (χ0v) is 9.10. The lowest BCUT2D eigenvalue weighted by molar-refractivity contribution is -0.141. The van der Waals surface area contributed by atoms with Gasteiger partial charge in [0.15, 0.2) is 0 Å². The van der Waals surface area contributed by atoms with E-state index in [1.807, 2.05) is 0 Å². The van der Waals surface area contributed by atoms with Crippen molar-refractivity contribution in [3.8, 4) is 0 Å². The summed E-state index contributed by atoms with van der Waals surface area (Å²) in [5, 5.41) is 8.99. The molecule has 1 aliphatic carbocycles. The van der Waals surface area contributed by atoms with E-state index in [1.54, 1.807) is 0 Å². The molecular formula is C9H15BrO2. The largest absolute Gasteiger partial charge is 0.480 e. The molecular weight excluding hydrogens is 220 g/mol. The molecule has 2 atom stereocenters. The van der Waals surface area contributed by atoms with E-state index in [-0.39, 0.29) is 0 Å². The maximum Gasteiger partial charge on any atom is 0.320 e. The van der Waals surface area contributed by atoms with Gasteiger partial charge in [-0.15, -0.1) is 0 Å². The first-order chi connectivity index (χ1) is 5.44. The second kappa shape index (κ2) is 3.36. The third kappa shape index (κ3) is 2.00. The first-order valence-corrected chi connectivity index (χ1v) is 5.15. The Bertz CT molecular complexity index is 181. The molecule has 1 aliphatic rings. The van der Waals surface area contributed by atoms with Crippen LogP contribution in [0.4, 0.5) is 0 Å². The van der Waals surface area contributed by atoms with Gasteiger partial charge in [0.05, 0.1) is 0 Å². The van der Waals surface area contributed by atoms with E-state index in [0.29, 0.717) is 11.8 Å². The molecule has 1 rings (SSSR count). The molecule has 0 aromatic rings. The van der Waals surface area contributed by atoms with Crippen LogP contribution in [0.2, 0.25) is 0 Å². The van der Waals surface area contributed by atoms with Crippen LogP contribution in [0.5, 0.6) is 0 Å². The van der Waals surface area contributed by atoms with Gasteiger partial charge >= 0.3 is 5.97 Å². The van der Waals surface area contributed by atoms with Crippen molar-refractivity contribution in [2.45, 2.75) is 37.4 Å². The number of rotatable bonds is 1. The molecule has 0 heterocycles. The van der Waals surface area contributed by atoms with E-state index in [4.69, 9.17) is 5.11 Å². The highest BCUT2D eigenvalue weighted by Crippen LogP contribution is 2.41. The topological polar surface area (TPSA) is 37.3 Å². The summed E-state index contributed by atoms with van der Waals surface area (Å²) in [4.78, 5) is 10.9. The highest BCUT2D eigenvalue weighted by atomic mass is 79.9. The van der Waals surface area contributed by atoms with Crippen molar-refractivity contribution in [1.82, 2.24) is 0 Å². The number of carbonyl (C=O) groups is 1. The highest BCUT2D eigenvalue weighted by Gasteiger charge is 2.41. The zero-order chi connectivity index (χ0) is 9.35. The molecule has 0 amide bonds. The highest BCUT2D eigenvalue weighted by molar-refractivity contribution is 9.10. The summed E-state index contributed by atoms with van der Waals surface area (Å²) in [7, 11) is 0. The number of carboxylic acids is 1. The van der Waals surface area contributed by atoms with E-state index in [2.05, 4.69) is 29.8 Å². The predicted octanol–water partition coefficient (Wildman–Crippen LogP) is 2.66. The summed E-state index contributed by atoms with van der Waals surface area (Å²) in [6, 6.07) is 0. The Hall–Kier alpha value is -0.0500. The minimum absolute atomic E-state index is 0.518. The van der Waals surface area contributed by atoms with Crippen LogP contribution in [0.15, 0.2) is 0 Å². The monoisotopic (exact) mass is 234 g/mol. The molecule has 0 radical (unpaired) electrons. The SMILES string of the molecule is CC1CC(C)CC(Br)(C(=O)O)C1. The van der Waals surface area contributed by atoms with Crippen LogP contribution in [-0.2, 0) is 4.79 Å². The Morgan fingerprint density at radius 2 is 1.83 bits per heavy atom. The van der Waals surface area contributed by atoms with Crippen LogP contribution in [0.3, 0.4) is 0 Å². The van der Waals surface area contributed by atoms with Gasteiger partial charge in [0.1, 0.15) is 4.32 Å². The number of aliphatic carboxylic acids is 1. The lowest BCUT2D eigenvalue weighted by Gasteiger charge is -2.35. The lowest BCUT2D eigenvalue weighted by Crippen LogP contribution is -2.39. The molecule has 2 unspecified atom stereocenters. The van der Waals surface area contributed by atoms with Gasteiger partial charge in [-0.3, -0.25) is 4.79 Å². The standard InChI is InChI=1S/C9H15BrO2/c1-6-3-7(2)5-9(10,4-6)8(11)12/h6-7H,3-5H2,1-2H3,(H,11,12). The molecule has 0 bridgehead atoms. The Morgan fingerprint density at radius 1 is 1.42 bits per heavy atom. The number of carboxylic acid groups (broad SMARTS) is 1. The smallest absolute Gasteiger partial charge is 0.320 e. The lowest BCUT2D eigenvalue weighted by atomic mass is 9.76. The zero-order valence-electron chi connectivity index (χ0n) is 7.51. The fourth-order valence-electron chi connectivity index (χ4n) is 2.22. The van der Waals surface area contributed by atoms with Gasteiger partial charge in [0.2, 0.25) is 0 Å². The molecule has 0 spiro atoms. The summed E-state index contributed by atoms with van der Waals surface area (Å²) in [5.41, 5.74) is 0. The van der Waals surface area contributed by atoms with E-state index in [9.17, 15) is 4.79 Å². The number of alkyl halides is 1. The third-order valence-corrected chi connectivity index (χ3v) is 3.52. The Morgan fingerprint density at radius 3 is 2.17 bits per heavy atom. The minimum Gasteiger partial charge on any atom is -0.480 e. The van der Waals surface area contributed by atoms with Crippen LogP contribution < -0.4 is 0 Å². The van der Waals surface area contributed by atoms with Crippen molar-refractivity contribution in [2.75, 3.05) is 0 Å². The molecule has 70 valence electrons. The molecule has 2 nitrogen and oxygen atoms in total. The van der Waals surface area contributed by atoms with Crippen molar-refractivity contribution < 1.29 is 9.90 Å². The van der Waals surface area contributed by atoms with Gasteiger partial charge in [-0.25, -0.2) is 0 Å². The molecule has 12 heavy (non-hydrogen) atoms. The summed E-state index contributed by atoms with van der Waals surface area (Å²) >= 11 is 3.34. The minimum atomic E-state index is -0.707.